The quantitative estimate of drug-likeness (QED) is 0.593. The van der Waals surface area contributed by atoms with Gasteiger partial charge in [-0.05, 0) is 36.4 Å². The molecule has 0 bridgehead atoms. The van der Waals surface area contributed by atoms with Crippen molar-refractivity contribution in [2.45, 2.75) is 0 Å². The number of imidazole rings is 1. The predicted molar refractivity (Wildman–Crippen MR) is 92.6 cm³/mol. The van der Waals surface area contributed by atoms with E-state index in [1.807, 2.05) is 18.2 Å². The molecule has 1 aromatic carbocycles. The second kappa shape index (κ2) is 5.82. The SMILES string of the molecule is Oc1ccc(Cl)c(Nc2ccc3ncc(-c4ccncc4)n3n2)c1. The van der Waals surface area contributed by atoms with Crippen molar-refractivity contribution in [3.05, 3.63) is 66.1 Å². The van der Waals surface area contributed by atoms with Crippen LogP contribution < -0.4 is 5.32 Å². The number of aromatic nitrogens is 4. The van der Waals surface area contributed by atoms with E-state index >= 15 is 0 Å². The first-order chi connectivity index (χ1) is 11.7. The molecule has 0 spiro atoms. The summed E-state index contributed by atoms with van der Waals surface area (Å²) >= 11 is 6.14. The van der Waals surface area contributed by atoms with Crippen LogP contribution in [0.1, 0.15) is 0 Å². The molecule has 0 unspecified atom stereocenters. The number of pyridine rings is 1. The van der Waals surface area contributed by atoms with Crippen LogP contribution in [0.4, 0.5) is 11.5 Å². The van der Waals surface area contributed by atoms with Crippen molar-refractivity contribution < 1.29 is 5.11 Å². The molecule has 118 valence electrons. The summed E-state index contributed by atoms with van der Waals surface area (Å²) in [5, 5.41) is 17.8. The van der Waals surface area contributed by atoms with Gasteiger partial charge in [-0.25, -0.2) is 9.50 Å². The topological polar surface area (TPSA) is 75.3 Å². The zero-order chi connectivity index (χ0) is 16.5. The zero-order valence-electron chi connectivity index (χ0n) is 12.4. The predicted octanol–water partition coefficient (Wildman–Crippen LogP) is 3.89. The molecule has 0 radical (unpaired) electrons. The monoisotopic (exact) mass is 337 g/mol. The van der Waals surface area contributed by atoms with E-state index in [0.717, 1.165) is 16.9 Å². The van der Waals surface area contributed by atoms with Crippen molar-refractivity contribution in [1.29, 1.82) is 0 Å². The Morgan fingerprint density at radius 1 is 1.04 bits per heavy atom. The summed E-state index contributed by atoms with van der Waals surface area (Å²) in [5.74, 6) is 0.714. The maximum absolute atomic E-state index is 9.61. The Balaban J connectivity index is 1.76. The van der Waals surface area contributed by atoms with Gasteiger partial charge in [-0.2, -0.15) is 0 Å². The van der Waals surface area contributed by atoms with Gasteiger partial charge in [-0.1, -0.05) is 11.6 Å². The van der Waals surface area contributed by atoms with Crippen molar-refractivity contribution in [3.8, 4) is 17.0 Å². The van der Waals surface area contributed by atoms with Gasteiger partial charge in [0.2, 0.25) is 0 Å². The largest absolute Gasteiger partial charge is 0.508 e. The fourth-order valence-corrected chi connectivity index (χ4v) is 2.57. The van der Waals surface area contributed by atoms with E-state index in [9.17, 15) is 5.11 Å². The lowest BCUT2D eigenvalue weighted by Gasteiger charge is -2.09. The third-order valence-electron chi connectivity index (χ3n) is 3.55. The molecule has 4 aromatic rings. The maximum Gasteiger partial charge on any atom is 0.154 e. The number of aromatic hydroxyl groups is 1. The molecule has 3 heterocycles. The Morgan fingerprint density at radius 2 is 1.88 bits per heavy atom. The smallest absolute Gasteiger partial charge is 0.154 e. The van der Waals surface area contributed by atoms with Crippen LogP contribution in [0.15, 0.2) is 61.1 Å². The fraction of sp³-hybridized carbons (Fsp3) is 0. The number of nitrogens with one attached hydrogen (secondary N) is 1. The summed E-state index contributed by atoms with van der Waals surface area (Å²) in [7, 11) is 0. The number of nitrogens with zero attached hydrogens (tertiary/aromatic N) is 4. The van der Waals surface area contributed by atoms with Gasteiger partial charge in [0, 0.05) is 24.0 Å². The summed E-state index contributed by atoms with van der Waals surface area (Å²) in [6.45, 7) is 0. The number of benzene rings is 1. The molecule has 0 aliphatic carbocycles. The molecule has 0 atom stereocenters. The Labute approximate surface area is 142 Å². The van der Waals surface area contributed by atoms with Crippen molar-refractivity contribution in [3.63, 3.8) is 0 Å². The lowest BCUT2D eigenvalue weighted by molar-refractivity contribution is 0.475. The molecule has 0 aliphatic rings. The van der Waals surface area contributed by atoms with E-state index < -0.39 is 0 Å². The number of rotatable bonds is 3. The van der Waals surface area contributed by atoms with Gasteiger partial charge in [0.15, 0.2) is 11.5 Å². The summed E-state index contributed by atoms with van der Waals surface area (Å²) in [6, 6.07) is 12.2. The average Bonchev–Trinajstić information content (AvgIpc) is 3.02. The highest BCUT2D eigenvalue weighted by atomic mass is 35.5. The Hall–Kier alpha value is -3.12. The molecule has 4 rings (SSSR count). The molecule has 24 heavy (non-hydrogen) atoms. The Bertz CT molecular complexity index is 1020. The normalized spacial score (nSPS) is 10.9. The number of halogens is 1. The molecule has 2 N–H and O–H groups in total. The Kier molecular flexibility index (Phi) is 3.51. The second-order valence-electron chi connectivity index (χ2n) is 5.16. The first-order valence-corrected chi connectivity index (χ1v) is 7.59. The van der Waals surface area contributed by atoms with Crippen LogP contribution in [0.3, 0.4) is 0 Å². The number of phenolic OH excluding ortho intramolecular Hbond substituents is 1. The molecular weight excluding hydrogens is 326 g/mol. The summed E-state index contributed by atoms with van der Waals surface area (Å²) in [4.78, 5) is 8.39. The van der Waals surface area contributed by atoms with Crippen LogP contribution >= 0.6 is 11.6 Å². The molecule has 0 fully saturated rings. The van der Waals surface area contributed by atoms with Crippen molar-refractivity contribution >= 4 is 28.8 Å². The maximum atomic E-state index is 9.61. The van der Waals surface area contributed by atoms with Crippen LogP contribution in [0.5, 0.6) is 5.75 Å². The number of anilines is 2. The van der Waals surface area contributed by atoms with E-state index in [1.165, 1.54) is 6.07 Å². The highest BCUT2D eigenvalue weighted by Crippen LogP contribution is 2.28. The van der Waals surface area contributed by atoms with Crippen molar-refractivity contribution in [1.82, 2.24) is 19.6 Å². The van der Waals surface area contributed by atoms with E-state index in [2.05, 4.69) is 20.4 Å². The van der Waals surface area contributed by atoms with Gasteiger partial charge >= 0.3 is 0 Å². The van der Waals surface area contributed by atoms with Gasteiger partial charge in [-0.15, -0.1) is 5.10 Å². The molecule has 0 aliphatic heterocycles. The Morgan fingerprint density at radius 3 is 2.71 bits per heavy atom. The second-order valence-corrected chi connectivity index (χ2v) is 5.56. The minimum atomic E-state index is 0.128. The van der Waals surface area contributed by atoms with Crippen LogP contribution in [-0.2, 0) is 0 Å². The first kappa shape index (κ1) is 14.5. The van der Waals surface area contributed by atoms with E-state index in [0.29, 0.717) is 16.5 Å². The number of hydrogen-bond donors (Lipinski definition) is 2. The standard InChI is InChI=1S/C17H12ClN5O/c18-13-2-1-12(24)9-14(13)21-16-3-4-17-20-10-15(23(17)22-16)11-5-7-19-8-6-11/h1-10,24H,(H,21,22). The average molecular weight is 338 g/mol. The molecule has 7 heteroatoms. The lowest BCUT2D eigenvalue weighted by Crippen LogP contribution is -2.00. The molecule has 3 aromatic heterocycles. The third-order valence-corrected chi connectivity index (χ3v) is 3.88. The van der Waals surface area contributed by atoms with Crippen LogP contribution in [0.2, 0.25) is 5.02 Å². The van der Waals surface area contributed by atoms with Gasteiger partial charge in [0.05, 0.1) is 22.6 Å². The van der Waals surface area contributed by atoms with Gasteiger partial charge in [-0.3, -0.25) is 4.98 Å². The van der Waals surface area contributed by atoms with E-state index in [-0.39, 0.29) is 5.75 Å². The zero-order valence-corrected chi connectivity index (χ0v) is 13.1. The van der Waals surface area contributed by atoms with Crippen molar-refractivity contribution in [2.24, 2.45) is 0 Å². The van der Waals surface area contributed by atoms with Crippen LogP contribution in [0, 0.1) is 0 Å². The van der Waals surface area contributed by atoms with E-state index in [1.54, 1.807) is 41.3 Å². The van der Waals surface area contributed by atoms with Crippen LogP contribution in [0.25, 0.3) is 16.9 Å². The minimum absolute atomic E-state index is 0.128. The number of fused-ring (bicyclic) bond motifs is 1. The highest BCUT2D eigenvalue weighted by molar-refractivity contribution is 6.33. The summed E-state index contributed by atoms with van der Waals surface area (Å²) in [5.41, 5.74) is 3.14. The molecule has 0 saturated heterocycles. The van der Waals surface area contributed by atoms with Gasteiger partial charge in [0.1, 0.15) is 5.75 Å². The number of hydrogen-bond acceptors (Lipinski definition) is 5. The highest BCUT2D eigenvalue weighted by Gasteiger charge is 2.09. The molecule has 0 saturated carbocycles. The van der Waals surface area contributed by atoms with Crippen LogP contribution in [-0.4, -0.2) is 24.7 Å². The summed E-state index contributed by atoms with van der Waals surface area (Å²) in [6.07, 6.45) is 5.22. The third kappa shape index (κ3) is 2.63. The number of phenols is 1. The lowest BCUT2D eigenvalue weighted by atomic mass is 10.2. The summed E-state index contributed by atoms with van der Waals surface area (Å²) < 4.78 is 1.74. The first-order valence-electron chi connectivity index (χ1n) is 7.21. The van der Waals surface area contributed by atoms with Crippen molar-refractivity contribution in [2.75, 3.05) is 5.32 Å². The fourth-order valence-electron chi connectivity index (χ4n) is 2.41. The van der Waals surface area contributed by atoms with Gasteiger partial charge < -0.3 is 10.4 Å². The van der Waals surface area contributed by atoms with Gasteiger partial charge in [0.25, 0.3) is 0 Å². The molecule has 6 nitrogen and oxygen atoms in total. The molecular formula is C17H12ClN5O. The minimum Gasteiger partial charge on any atom is -0.508 e. The van der Waals surface area contributed by atoms with E-state index in [4.69, 9.17) is 11.6 Å². The molecule has 0 amide bonds.